The van der Waals surface area contributed by atoms with Gasteiger partial charge in [-0.15, -0.1) is 0 Å². The lowest BCUT2D eigenvalue weighted by atomic mass is 10.2. The molecule has 1 aromatic carbocycles. The predicted molar refractivity (Wildman–Crippen MR) is 65.9 cm³/mol. The number of hydrogen-bond donors (Lipinski definition) is 1. The van der Waals surface area contributed by atoms with Gasteiger partial charge in [0.05, 0.1) is 19.8 Å². The lowest BCUT2D eigenvalue weighted by Gasteiger charge is -2.06. The van der Waals surface area contributed by atoms with E-state index in [-0.39, 0.29) is 0 Å². The smallest absolute Gasteiger partial charge is 0.0717 e. The molecule has 1 aromatic rings. The van der Waals surface area contributed by atoms with Crippen LogP contribution >= 0.6 is 11.6 Å². The Morgan fingerprint density at radius 2 is 1.81 bits per heavy atom. The van der Waals surface area contributed by atoms with Crippen molar-refractivity contribution in [1.29, 1.82) is 0 Å². The van der Waals surface area contributed by atoms with E-state index < -0.39 is 0 Å². The first-order chi connectivity index (χ1) is 7.83. The Bertz CT molecular complexity index is 277. The zero-order valence-electron chi connectivity index (χ0n) is 9.54. The van der Waals surface area contributed by atoms with Crippen LogP contribution in [0, 0.1) is 0 Å². The van der Waals surface area contributed by atoms with Gasteiger partial charge in [-0.2, -0.15) is 0 Å². The molecule has 1 N–H and O–H groups in total. The SMILES string of the molecule is COCCNCCOCc1ccc(Cl)cc1. The van der Waals surface area contributed by atoms with Crippen molar-refractivity contribution >= 4 is 11.6 Å². The topological polar surface area (TPSA) is 30.5 Å². The van der Waals surface area contributed by atoms with Crippen molar-refractivity contribution in [3.63, 3.8) is 0 Å². The molecule has 0 aliphatic heterocycles. The van der Waals surface area contributed by atoms with E-state index in [1.54, 1.807) is 7.11 Å². The number of methoxy groups -OCH3 is 1. The monoisotopic (exact) mass is 243 g/mol. The quantitative estimate of drug-likeness (QED) is 0.710. The first kappa shape index (κ1) is 13.5. The van der Waals surface area contributed by atoms with Gasteiger partial charge in [0.15, 0.2) is 0 Å². The lowest BCUT2D eigenvalue weighted by molar-refractivity contribution is 0.120. The summed E-state index contributed by atoms with van der Waals surface area (Å²) in [6, 6.07) is 7.69. The van der Waals surface area contributed by atoms with Crippen LogP contribution in [0.4, 0.5) is 0 Å². The van der Waals surface area contributed by atoms with Crippen LogP contribution in [0.3, 0.4) is 0 Å². The minimum Gasteiger partial charge on any atom is -0.383 e. The van der Waals surface area contributed by atoms with Crippen LogP contribution in [0.25, 0.3) is 0 Å². The highest BCUT2D eigenvalue weighted by molar-refractivity contribution is 6.30. The van der Waals surface area contributed by atoms with Crippen LogP contribution in [-0.4, -0.2) is 33.4 Å². The molecule has 4 heteroatoms. The molecular weight excluding hydrogens is 226 g/mol. The van der Waals surface area contributed by atoms with E-state index >= 15 is 0 Å². The van der Waals surface area contributed by atoms with Gasteiger partial charge in [0.1, 0.15) is 0 Å². The van der Waals surface area contributed by atoms with E-state index in [1.165, 1.54) is 0 Å². The van der Waals surface area contributed by atoms with Gasteiger partial charge in [0.2, 0.25) is 0 Å². The van der Waals surface area contributed by atoms with Gasteiger partial charge in [0, 0.05) is 25.2 Å². The molecule has 0 saturated carbocycles. The molecule has 0 saturated heterocycles. The van der Waals surface area contributed by atoms with Gasteiger partial charge in [0.25, 0.3) is 0 Å². The molecule has 0 unspecified atom stereocenters. The second kappa shape index (κ2) is 8.53. The summed E-state index contributed by atoms with van der Waals surface area (Å²) in [7, 11) is 1.69. The van der Waals surface area contributed by atoms with Crippen molar-refractivity contribution in [3.8, 4) is 0 Å². The van der Waals surface area contributed by atoms with E-state index in [0.717, 1.165) is 30.3 Å². The Kier molecular flexibility index (Phi) is 7.17. The number of nitrogens with one attached hydrogen (secondary N) is 1. The molecule has 1 rings (SSSR count). The van der Waals surface area contributed by atoms with E-state index in [4.69, 9.17) is 21.1 Å². The van der Waals surface area contributed by atoms with E-state index in [9.17, 15) is 0 Å². The van der Waals surface area contributed by atoms with E-state index in [0.29, 0.717) is 13.2 Å². The molecule has 16 heavy (non-hydrogen) atoms. The molecule has 0 heterocycles. The molecule has 0 radical (unpaired) electrons. The summed E-state index contributed by atoms with van der Waals surface area (Å²) in [6.45, 7) is 3.77. The molecule has 0 atom stereocenters. The Morgan fingerprint density at radius 1 is 1.12 bits per heavy atom. The van der Waals surface area contributed by atoms with E-state index in [2.05, 4.69) is 5.32 Å². The summed E-state index contributed by atoms with van der Waals surface area (Å²) in [5.74, 6) is 0. The Labute approximate surface area is 102 Å². The van der Waals surface area contributed by atoms with Crippen molar-refractivity contribution < 1.29 is 9.47 Å². The molecule has 0 bridgehead atoms. The number of benzene rings is 1. The fourth-order valence-electron chi connectivity index (χ4n) is 1.21. The standard InChI is InChI=1S/C12H18ClNO2/c1-15-8-6-14-7-9-16-10-11-2-4-12(13)5-3-11/h2-5,14H,6-10H2,1H3. The van der Waals surface area contributed by atoms with Gasteiger partial charge in [-0.05, 0) is 17.7 Å². The normalized spacial score (nSPS) is 10.6. The van der Waals surface area contributed by atoms with Crippen molar-refractivity contribution in [2.45, 2.75) is 6.61 Å². The number of ether oxygens (including phenoxy) is 2. The van der Waals surface area contributed by atoms with Crippen molar-refractivity contribution in [2.75, 3.05) is 33.4 Å². The first-order valence-corrected chi connectivity index (χ1v) is 5.72. The minimum absolute atomic E-state index is 0.628. The summed E-state index contributed by atoms with van der Waals surface area (Å²) < 4.78 is 10.4. The van der Waals surface area contributed by atoms with Crippen LogP contribution in [0.5, 0.6) is 0 Å². The van der Waals surface area contributed by atoms with Gasteiger partial charge in [-0.1, -0.05) is 23.7 Å². The van der Waals surface area contributed by atoms with Gasteiger partial charge >= 0.3 is 0 Å². The lowest BCUT2D eigenvalue weighted by Crippen LogP contribution is -2.23. The molecule has 90 valence electrons. The average molecular weight is 244 g/mol. The molecular formula is C12H18ClNO2. The summed E-state index contributed by atoms with van der Waals surface area (Å²) in [5, 5.41) is 3.97. The fraction of sp³-hybridized carbons (Fsp3) is 0.500. The number of hydrogen-bond acceptors (Lipinski definition) is 3. The maximum absolute atomic E-state index is 5.78. The van der Waals surface area contributed by atoms with E-state index in [1.807, 2.05) is 24.3 Å². The fourth-order valence-corrected chi connectivity index (χ4v) is 1.34. The summed E-state index contributed by atoms with van der Waals surface area (Å²) in [6.07, 6.45) is 0. The highest BCUT2D eigenvalue weighted by Crippen LogP contribution is 2.09. The van der Waals surface area contributed by atoms with Gasteiger partial charge < -0.3 is 14.8 Å². The number of rotatable bonds is 8. The zero-order valence-corrected chi connectivity index (χ0v) is 10.3. The molecule has 0 fully saturated rings. The van der Waals surface area contributed by atoms with Crippen LogP contribution in [0.15, 0.2) is 24.3 Å². The van der Waals surface area contributed by atoms with Crippen molar-refractivity contribution in [2.24, 2.45) is 0 Å². The third-order valence-electron chi connectivity index (χ3n) is 2.09. The highest BCUT2D eigenvalue weighted by atomic mass is 35.5. The summed E-state index contributed by atoms with van der Waals surface area (Å²) in [4.78, 5) is 0. The van der Waals surface area contributed by atoms with Crippen LogP contribution in [0.2, 0.25) is 5.02 Å². The Morgan fingerprint density at radius 3 is 2.50 bits per heavy atom. The average Bonchev–Trinajstić information content (AvgIpc) is 2.30. The maximum Gasteiger partial charge on any atom is 0.0717 e. The van der Waals surface area contributed by atoms with Crippen LogP contribution in [0.1, 0.15) is 5.56 Å². The maximum atomic E-state index is 5.78. The molecule has 0 spiro atoms. The molecule has 3 nitrogen and oxygen atoms in total. The zero-order chi connectivity index (χ0) is 11.6. The first-order valence-electron chi connectivity index (χ1n) is 5.35. The van der Waals surface area contributed by atoms with Crippen LogP contribution < -0.4 is 5.32 Å². The Hall–Kier alpha value is -0.610. The highest BCUT2D eigenvalue weighted by Gasteiger charge is 1.93. The second-order valence-electron chi connectivity index (χ2n) is 3.42. The second-order valence-corrected chi connectivity index (χ2v) is 3.86. The third kappa shape index (κ3) is 6.08. The van der Waals surface area contributed by atoms with Crippen molar-refractivity contribution in [3.05, 3.63) is 34.9 Å². The molecule has 0 aromatic heterocycles. The van der Waals surface area contributed by atoms with Crippen molar-refractivity contribution in [1.82, 2.24) is 5.32 Å². The minimum atomic E-state index is 0.628. The summed E-state index contributed by atoms with van der Waals surface area (Å²) in [5.41, 5.74) is 1.14. The summed E-state index contributed by atoms with van der Waals surface area (Å²) >= 11 is 5.78. The molecule has 0 amide bonds. The molecule has 0 aliphatic carbocycles. The predicted octanol–water partition coefficient (Wildman–Crippen LogP) is 2.09. The third-order valence-corrected chi connectivity index (χ3v) is 2.34. The van der Waals surface area contributed by atoms with Gasteiger partial charge in [-0.25, -0.2) is 0 Å². The van der Waals surface area contributed by atoms with Crippen LogP contribution in [-0.2, 0) is 16.1 Å². The number of halogens is 1. The Balaban J connectivity index is 2.01. The molecule has 0 aliphatic rings. The largest absolute Gasteiger partial charge is 0.383 e. The van der Waals surface area contributed by atoms with Gasteiger partial charge in [-0.3, -0.25) is 0 Å².